The molecule has 1 atom stereocenters. The van der Waals surface area contributed by atoms with Crippen molar-refractivity contribution in [2.75, 3.05) is 33.3 Å². The summed E-state index contributed by atoms with van der Waals surface area (Å²) < 4.78 is 5.20. The summed E-state index contributed by atoms with van der Waals surface area (Å²) in [7, 11) is 1.65. The van der Waals surface area contributed by atoms with Crippen LogP contribution in [0.2, 0.25) is 0 Å². The van der Waals surface area contributed by atoms with E-state index in [0.717, 1.165) is 38.1 Å². The average molecular weight is 422 g/mol. The molecule has 0 saturated carbocycles. The third-order valence-corrected chi connectivity index (χ3v) is 6.66. The van der Waals surface area contributed by atoms with Crippen LogP contribution in [-0.4, -0.2) is 59.9 Å². The SMILES string of the molecule is COc1ccc(CCN2C[C@H](C(=O)N3CCC(c4ccncc4)CC3)CCC2=O)cc1. The van der Waals surface area contributed by atoms with Crippen LogP contribution < -0.4 is 4.74 Å². The lowest BCUT2D eigenvalue weighted by atomic mass is 9.88. The Hall–Kier alpha value is -2.89. The van der Waals surface area contributed by atoms with E-state index in [9.17, 15) is 9.59 Å². The summed E-state index contributed by atoms with van der Waals surface area (Å²) in [6.07, 6.45) is 7.57. The van der Waals surface area contributed by atoms with Crippen molar-refractivity contribution in [3.8, 4) is 5.75 Å². The van der Waals surface area contributed by atoms with E-state index in [0.29, 0.717) is 31.8 Å². The van der Waals surface area contributed by atoms with Crippen LogP contribution in [0.1, 0.15) is 42.7 Å². The smallest absolute Gasteiger partial charge is 0.227 e. The van der Waals surface area contributed by atoms with Gasteiger partial charge in [0.15, 0.2) is 0 Å². The first kappa shape index (κ1) is 21.3. The van der Waals surface area contributed by atoms with Crippen LogP contribution in [-0.2, 0) is 16.0 Å². The summed E-state index contributed by atoms with van der Waals surface area (Å²) in [5.41, 5.74) is 2.48. The van der Waals surface area contributed by atoms with Crippen LogP contribution in [0, 0.1) is 5.92 Å². The molecule has 6 nitrogen and oxygen atoms in total. The number of aromatic nitrogens is 1. The van der Waals surface area contributed by atoms with Crippen LogP contribution in [0.4, 0.5) is 0 Å². The fourth-order valence-corrected chi connectivity index (χ4v) is 4.72. The van der Waals surface area contributed by atoms with Crippen molar-refractivity contribution >= 4 is 11.8 Å². The van der Waals surface area contributed by atoms with Crippen LogP contribution in [0.15, 0.2) is 48.8 Å². The van der Waals surface area contributed by atoms with E-state index in [4.69, 9.17) is 4.74 Å². The standard InChI is InChI=1S/C25H31N3O3/c1-31-23-5-2-19(3-6-23)10-15-28-18-22(4-7-24(28)29)25(30)27-16-11-21(12-17-27)20-8-13-26-14-9-20/h2-3,5-6,8-9,13-14,21-22H,4,7,10-12,15-18H2,1H3/t22-/m1/s1. The van der Waals surface area contributed by atoms with Crippen LogP contribution in [0.3, 0.4) is 0 Å². The Kier molecular flexibility index (Phi) is 6.85. The predicted octanol–water partition coefficient (Wildman–Crippen LogP) is 3.28. The topological polar surface area (TPSA) is 62.7 Å². The molecule has 2 fully saturated rings. The van der Waals surface area contributed by atoms with Crippen molar-refractivity contribution in [2.45, 2.75) is 38.0 Å². The molecule has 0 bridgehead atoms. The van der Waals surface area contributed by atoms with Gasteiger partial charge in [0, 0.05) is 45.0 Å². The molecule has 6 heteroatoms. The first-order chi connectivity index (χ1) is 15.1. The number of rotatable bonds is 6. The molecule has 0 radical (unpaired) electrons. The lowest BCUT2D eigenvalue weighted by Crippen LogP contribution is -2.49. The Morgan fingerprint density at radius 2 is 1.77 bits per heavy atom. The zero-order valence-corrected chi connectivity index (χ0v) is 18.2. The number of likely N-dealkylation sites (tertiary alicyclic amines) is 2. The van der Waals surface area contributed by atoms with Gasteiger partial charge in [0.25, 0.3) is 0 Å². The number of piperidine rings is 2. The van der Waals surface area contributed by atoms with Crippen molar-refractivity contribution < 1.29 is 14.3 Å². The molecule has 2 aromatic rings. The van der Waals surface area contributed by atoms with Gasteiger partial charge in [0.05, 0.1) is 13.0 Å². The molecule has 4 rings (SSSR count). The Bertz CT molecular complexity index is 877. The summed E-state index contributed by atoms with van der Waals surface area (Å²) in [6.45, 7) is 2.78. The zero-order chi connectivity index (χ0) is 21.6. The Morgan fingerprint density at radius 1 is 1.06 bits per heavy atom. The maximum atomic E-state index is 13.2. The number of nitrogens with zero attached hydrogens (tertiary/aromatic N) is 3. The van der Waals surface area contributed by atoms with Gasteiger partial charge < -0.3 is 14.5 Å². The summed E-state index contributed by atoms with van der Waals surface area (Å²) in [4.78, 5) is 33.6. The molecule has 1 aromatic heterocycles. The van der Waals surface area contributed by atoms with Crippen molar-refractivity contribution in [1.29, 1.82) is 0 Å². The minimum Gasteiger partial charge on any atom is -0.497 e. The molecular weight excluding hydrogens is 390 g/mol. The zero-order valence-electron chi connectivity index (χ0n) is 18.2. The Labute approximate surface area is 184 Å². The summed E-state index contributed by atoms with van der Waals surface area (Å²) in [6, 6.07) is 12.1. The first-order valence-corrected chi connectivity index (χ1v) is 11.2. The third-order valence-electron chi connectivity index (χ3n) is 6.66. The first-order valence-electron chi connectivity index (χ1n) is 11.2. The molecule has 0 spiro atoms. The molecule has 31 heavy (non-hydrogen) atoms. The third kappa shape index (κ3) is 5.24. The molecule has 0 aliphatic carbocycles. The molecule has 0 unspecified atom stereocenters. The van der Waals surface area contributed by atoms with E-state index < -0.39 is 0 Å². The minimum atomic E-state index is -0.0777. The fraction of sp³-hybridized carbons (Fsp3) is 0.480. The van der Waals surface area contributed by atoms with Crippen LogP contribution in [0.25, 0.3) is 0 Å². The van der Waals surface area contributed by atoms with Gasteiger partial charge >= 0.3 is 0 Å². The van der Waals surface area contributed by atoms with E-state index >= 15 is 0 Å². The molecule has 2 amide bonds. The van der Waals surface area contributed by atoms with E-state index in [-0.39, 0.29) is 17.7 Å². The highest BCUT2D eigenvalue weighted by Gasteiger charge is 2.34. The fourth-order valence-electron chi connectivity index (χ4n) is 4.72. The second kappa shape index (κ2) is 9.94. The van der Waals surface area contributed by atoms with Gasteiger partial charge in [-0.25, -0.2) is 0 Å². The van der Waals surface area contributed by atoms with Crippen molar-refractivity contribution in [3.05, 3.63) is 59.9 Å². The lowest BCUT2D eigenvalue weighted by Gasteiger charge is -2.38. The number of ether oxygens (including phenoxy) is 1. The van der Waals surface area contributed by atoms with Gasteiger partial charge in [-0.15, -0.1) is 0 Å². The Morgan fingerprint density at radius 3 is 2.45 bits per heavy atom. The van der Waals surface area contributed by atoms with Crippen LogP contribution >= 0.6 is 0 Å². The number of pyridine rings is 1. The number of carbonyl (C=O) groups excluding carboxylic acids is 2. The van der Waals surface area contributed by atoms with Gasteiger partial charge in [0.2, 0.25) is 11.8 Å². The quantitative estimate of drug-likeness (QED) is 0.718. The summed E-state index contributed by atoms with van der Waals surface area (Å²) in [5.74, 6) is 1.63. The number of hydrogen-bond acceptors (Lipinski definition) is 4. The average Bonchev–Trinajstić information content (AvgIpc) is 2.84. The molecule has 0 N–H and O–H groups in total. The second-order valence-corrected chi connectivity index (χ2v) is 8.55. The Balaban J connectivity index is 1.29. The lowest BCUT2D eigenvalue weighted by molar-refractivity contribution is -0.143. The maximum Gasteiger partial charge on any atom is 0.227 e. The van der Waals surface area contributed by atoms with E-state index in [1.807, 2.05) is 46.5 Å². The summed E-state index contributed by atoms with van der Waals surface area (Å²) in [5, 5.41) is 0. The van der Waals surface area contributed by atoms with Crippen molar-refractivity contribution in [2.24, 2.45) is 5.92 Å². The van der Waals surface area contributed by atoms with Crippen molar-refractivity contribution in [3.63, 3.8) is 0 Å². The highest BCUT2D eigenvalue weighted by molar-refractivity contribution is 5.84. The van der Waals surface area contributed by atoms with E-state index in [2.05, 4.69) is 17.1 Å². The van der Waals surface area contributed by atoms with Gasteiger partial charge in [-0.05, 0) is 67.0 Å². The normalized spacial score (nSPS) is 20.0. The number of benzene rings is 1. The number of carbonyl (C=O) groups is 2. The molecule has 2 aliphatic heterocycles. The second-order valence-electron chi connectivity index (χ2n) is 8.55. The molecule has 3 heterocycles. The highest BCUT2D eigenvalue weighted by Crippen LogP contribution is 2.29. The number of amides is 2. The van der Waals surface area contributed by atoms with Gasteiger partial charge in [-0.3, -0.25) is 14.6 Å². The monoisotopic (exact) mass is 421 g/mol. The molecule has 2 aliphatic rings. The highest BCUT2D eigenvalue weighted by atomic mass is 16.5. The van der Waals surface area contributed by atoms with E-state index in [1.54, 1.807) is 7.11 Å². The molecule has 2 saturated heterocycles. The summed E-state index contributed by atoms with van der Waals surface area (Å²) >= 11 is 0. The van der Waals surface area contributed by atoms with Crippen LogP contribution in [0.5, 0.6) is 5.75 Å². The maximum absolute atomic E-state index is 13.2. The minimum absolute atomic E-state index is 0.0777. The predicted molar refractivity (Wildman–Crippen MR) is 119 cm³/mol. The largest absolute Gasteiger partial charge is 0.497 e. The number of hydrogen-bond donors (Lipinski definition) is 0. The van der Waals surface area contributed by atoms with E-state index in [1.165, 1.54) is 11.1 Å². The van der Waals surface area contributed by atoms with Gasteiger partial charge in [0.1, 0.15) is 5.75 Å². The van der Waals surface area contributed by atoms with Crippen molar-refractivity contribution in [1.82, 2.24) is 14.8 Å². The molecule has 1 aromatic carbocycles. The van der Waals surface area contributed by atoms with Gasteiger partial charge in [-0.1, -0.05) is 12.1 Å². The number of methoxy groups -OCH3 is 1. The molecule has 164 valence electrons. The van der Waals surface area contributed by atoms with Gasteiger partial charge in [-0.2, -0.15) is 0 Å². The molecular formula is C25H31N3O3.